The summed E-state index contributed by atoms with van der Waals surface area (Å²) in [7, 11) is 0. The molecule has 0 radical (unpaired) electrons. The summed E-state index contributed by atoms with van der Waals surface area (Å²) >= 11 is 0. The highest BCUT2D eigenvalue weighted by molar-refractivity contribution is 6.00. The highest BCUT2D eigenvalue weighted by Gasteiger charge is 2.13. The molecule has 1 aromatic carbocycles. The van der Waals surface area contributed by atoms with Crippen LogP contribution in [-0.4, -0.2) is 24.4 Å². The van der Waals surface area contributed by atoms with Crippen LogP contribution in [0.5, 0.6) is 0 Å². The van der Waals surface area contributed by atoms with Crippen molar-refractivity contribution >= 4 is 23.2 Å². The van der Waals surface area contributed by atoms with Crippen LogP contribution in [0.1, 0.15) is 30.6 Å². The first-order valence-electron chi connectivity index (χ1n) is 6.16. The summed E-state index contributed by atoms with van der Waals surface area (Å²) in [6, 6.07) is 4.81. The van der Waals surface area contributed by atoms with Crippen LogP contribution in [0.4, 0.5) is 11.4 Å². The fraction of sp³-hybridized carbons (Fsp3) is 0.385. The fourth-order valence-electron chi connectivity index (χ4n) is 1.75. The number of amides is 2. The van der Waals surface area contributed by atoms with Gasteiger partial charge >= 0.3 is 0 Å². The number of hydrogen-bond acceptors (Lipinski definition) is 4. The largest absolute Gasteiger partial charge is 0.399 e. The maximum Gasteiger partial charge on any atom is 0.253 e. The first-order valence-corrected chi connectivity index (χ1v) is 6.16. The van der Waals surface area contributed by atoms with Crippen LogP contribution in [0.15, 0.2) is 18.2 Å². The summed E-state index contributed by atoms with van der Waals surface area (Å²) in [6.45, 7) is 4.20. The van der Waals surface area contributed by atoms with Crippen molar-refractivity contribution in [3.63, 3.8) is 0 Å². The Morgan fingerprint density at radius 2 is 2.05 bits per heavy atom. The number of nitrogens with two attached hydrogens (primary N) is 2. The number of nitrogens with one attached hydrogen (secondary N) is 2. The van der Waals surface area contributed by atoms with Gasteiger partial charge in [0.05, 0.1) is 5.56 Å². The van der Waals surface area contributed by atoms with Crippen molar-refractivity contribution in [2.75, 3.05) is 17.6 Å². The lowest BCUT2D eigenvalue weighted by Crippen LogP contribution is -2.27. The van der Waals surface area contributed by atoms with Crippen LogP contribution < -0.4 is 22.1 Å². The van der Waals surface area contributed by atoms with Crippen LogP contribution in [0, 0.1) is 0 Å². The molecule has 0 aliphatic heterocycles. The van der Waals surface area contributed by atoms with Crippen LogP contribution in [0.3, 0.4) is 0 Å². The van der Waals surface area contributed by atoms with E-state index in [-0.39, 0.29) is 18.4 Å². The van der Waals surface area contributed by atoms with Crippen molar-refractivity contribution in [3.05, 3.63) is 23.8 Å². The minimum Gasteiger partial charge on any atom is -0.399 e. The molecule has 2 amide bonds. The Kier molecular flexibility index (Phi) is 5.17. The number of rotatable bonds is 6. The van der Waals surface area contributed by atoms with Gasteiger partial charge < -0.3 is 22.1 Å². The summed E-state index contributed by atoms with van der Waals surface area (Å²) in [6.07, 6.45) is 0.184. The minimum atomic E-state index is -0.400. The van der Waals surface area contributed by atoms with E-state index in [9.17, 15) is 9.59 Å². The molecule has 6 N–H and O–H groups in total. The van der Waals surface area contributed by atoms with E-state index in [1.165, 1.54) is 0 Å². The number of benzene rings is 1. The number of nitrogen functional groups attached to an aromatic ring is 1. The maximum absolute atomic E-state index is 11.9. The van der Waals surface area contributed by atoms with Gasteiger partial charge in [0, 0.05) is 30.4 Å². The smallest absolute Gasteiger partial charge is 0.253 e. The molecular weight excluding hydrogens is 244 g/mol. The quantitative estimate of drug-likeness (QED) is 0.567. The van der Waals surface area contributed by atoms with Crippen molar-refractivity contribution < 1.29 is 9.59 Å². The number of carbonyl (C=O) groups is 2. The van der Waals surface area contributed by atoms with Crippen LogP contribution >= 0.6 is 0 Å². The number of anilines is 2. The molecule has 6 heteroatoms. The first-order chi connectivity index (χ1) is 8.93. The Morgan fingerprint density at radius 1 is 1.37 bits per heavy atom. The Balaban J connectivity index is 2.94. The molecule has 0 aromatic heterocycles. The summed E-state index contributed by atoms with van der Waals surface area (Å²) < 4.78 is 0. The van der Waals surface area contributed by atoms with Crippen LogP contribution in [-0.2, 0) is 4.79 Å². The lowest BCUT2D eigenvalue weighted by atomic mass is 10.1. The molecule has 0 fully saturated rings. The van der Waals surface area contributed by atoms with Gasteiger partial charge in [-0.15, -0.1) is 0 Å². The van der Waals surface area contributed by atoms with E-state index in [0.717, 1.165) is 0 Å². The molecule has 19 heavy (non-hydrogen) atoms. The normalized spacial score (nSPS) is 11.7. The average molecular weight is 264 g/mol. The third-order valence-electron chi connectivity index (χ3n) is 2.53. The zero-order valence-corrected chi connectivity index (χ0v) is 11.2. The van der Waals surface area contributed by atoms with Crippen molar-refractivity contribution in [1.82, 2.24) is 5.32 Å². The van der Waals surface area contributed by atoms with Crippen molar-refractivity contribution in [2.24, 2.45) is 5.73 Å². The predicted octanol–water partition coefficient (Wildman–Crippen LogP) is 0.694. The fourth-order valence-corrected chi connectivity index (χ4v) is 1.75. The zero-order valence-electron chi connectivity index (χ0n) is 11.2. The SMILES string of the molecule is CCNC(=O)c1ccc(N)cc1NC(C)CC(N)=O. The van der Waals surface area contributed by atoms with E-state index >= 15 is 0 Å². The highest BCUT2D eigenvalue weighted by Crippen LogP contribution is 2.20. The van der Waals surface area contributed by atoms with E-state index in [1.807, 2.05) is 13.8 Å². The Morgan fingerprint density at radius 3 is 2.63 bits per heavy atom. The van der Waals surface area contributed by atoms with Gasteiger partial charge in [0.1, 0.15) is 0 Å². The van der Waals surface area contributed by atoms with E-state index in [1.54, 1.807) is 18.2 Å². The zero-order chi connectivity index (χ0) is 14.4. The van der Waals surface area contributed by atoms with Crippen LogP contribution in [0.25, 0.3) is 0 Å². The van der Waals surface area contributed by atoms with Gasteiger partial charge in [-0.1, -0.05) is 0 Å². The second-order valence-electron chi connectivity index (χ2n) is 4.38. The molecule has 0 spiro atoms. The van der Waals surface area contributed by atoms with Gasteiger partial charge in [-0.05, 0) is 32.0 Å². The lowest BCUT2D eigenvalue weighted by Gasteiger charge is -2.17. The van der Waals surface area contributed by atoms with Crippen LogP contribution in [0.2, 0.25) is 0 Å². The van der Waals surface area contributed by atoms with Crippen molar-refractivity contribution in [3.8, 4) is 0 Å². The second kappa shape index (κ2) is 6.63. The summed E-state index contributed by atoms with van der Waals surface area (Å²) in [5.41, 5.74) is 12.5. The minimum absolute atomic E-state index is 0.174. The van der Waals surface area contributed by atoms with Gasteiger partial charge in [-0.2, -0.15) is 0 Å². The topological polar surface area (TPSA) is 110 Å². The monoisotopic (exact) mass is 264 g/mol. The number of primary amides is 1. The molecule has 1 rings (SSSR count). The van der Waals surface area contributed by atoms with Gasteiger partial charge in [-0.25, -0.2) is 0 Å². The van der Waals surface area contributed by atoms with Gasteiger partial charge in [0.25, 0.3) is 5.91 Å². The molecule has 0 saturated heterocycles. The third kappa shape index (κ3) is 4.50. The standard InChI is InChI=1S/C13H20N4O2/c1-3-16-13(19)10-5-4-9(14)7-11(10)17-8(2)6-12(15)18/h4-5,7-8,17H,3,6,14H2,1-2H3,(H2,15,18)(H,16,19). The summed E-state index contributed by atoms with van der Waals surface area (Å²) in [5, 5.41) is 5.80. The van der Waals surface area contributed by atoms with E-state index < -0.39 is 5.91 Å². The third-order valence-corrected chi connectivity index (χ3v) is 2.53. The van der Waals surface area contributed by atoms with E-state index in [4.69, 9.17) is 11.5 Å². The molecule has 0 bridgehead atoms. The molecule has 0 saturated carbocycles. The van der Waals surface area contributed by atoms with Crippen molar-refractivity contribution in [2.45, 2.75) is 26.3 Å². The molecule has 0 heterocycles. The molecule has 0 aliphatic carbocycles. The summed E-state index contributed by atoms with van der Waals surface area (Å²) in [4.78, 5) is 22.8. The molecule has 1 unspecified atom stereocenters. The first kappa shape index (κ1) is 14.8. The molecule has 6 nitrogen and oxygen atoms in total. The molecular formula is C13H20N4O2. The lowest BCUT2D eigenvalue weighted by molar-refractivity contribution is -0.118. The van der Waals surface area contributed by atoms with Gasteiger partial charge in [0.15, 0.2) is 0 Å². The number of carbonyl (C=O) groups excluding carboxylic acids is 2. The average Bonchev–Trinajstić information content (AvgIpc) is 2.27. The Labute approximate surface area is 112 Å². The van der Waals surface area contributed by atoms with Gasteiger partial charge in [-0.3, -0.25) is 9.59 Å². The van der Waals surface area contributed by atoms with Gasteiger partial charge in [0.2, 0.25) is 5.91 Å². The number of hydrogen-bond donors (Lipinski definition) is 4. The molecule has 0 aliphatic rings. The molecule has 104 valence electrons. The highest BCUT2D eigenvalue weighted by atomic mass is 16.2. The van der Waals surface area contributed by atoms with E-state index in [0.29, 0.717) is 23.5 Å². The Hall–Kier alpha value is -2.24. The summed E-state index contributed by atoms with van der Waals surface area (Å²) in [5.74, 6) is -0.584. The Bertz CT molecular complexity index is 474. The maximum atomic E-state index is 11.9. The van der Waals surface area contributed by atoms with Crippen molar-refractivity contribution in [1.29, 1.82) is 0 Å². The molecule has 1 aromatic rings. The van der Waals surface area contributed by atoms with E-state index in [2.05, 4.69) is 10.6 Å². The predicted molar refractivity (Wildman–Crippen MR) is 75.8 cm³/mol. The molecule has 1 atom stereocenters. The second-order valence-corrected chi connectivity index (χ2v) is 4.38.